The second kappa shape index (κ2) is 5.81. The van der Waals surface area contributed by atoms with Crippen LogP contribution >= 0.6 is 0 Å². The highest BCUT2D eigenvalue weighted by molar-refractivity contribution is 5.99. The van der Waals surface area contributed by atoms with Gasteiger partial charge in [0, 0.05) is 6.54 Å². The van der Waals surface area contributed by atoms with Gasteiger partial charge in [-0.25, -0.2) is 4.79 Å². The van der Waals surface area contributed by atoms with Crippen LogP contribution in [0.2, 0.25) is 0 Å². The minimum Gasteiger partial charge on any atom is -0.481 e. The summed E-state index contributed by atoms with van der Waals surface area (Å²) in [5, 5.41) is 0. The van der Waals surface area contributed by atoms with Crippen LogP contribution in [0.5, 0.6) is 5.75 Å². The molecule has 2 unspecified atom stereocenters. The van der Waals surface area contributed by atoms with Gasteiger partial charge in [0.05, 0.1) is 11.7 Å². The van der Waals surface area contributed by atoms with Crippen LogP contribution in [0.1, 0.15) is 17.2 Å². The molecule has 0 bridgehead atoms. The Kier molecular flexibility index (Phi) is 3.60. The summed E-state index contributed by atoms with van der Waals surface area (Å²) in [6, 6.07) is 15.2. The Bertz CT molecular complexity index is 837. The fourth-order valence-electron chi connectivity index (χ4n) is 3.58. The van der Waals surface area contributed by atoms with Crippen molar-refractivity contribution in [1.29, 1.82) is 0 Å². The number of amides is 3. The summed E-state index contributed by atoms with van der Waals surface area (Å²) >= 11 is 0. The predicted octanol–water partition coefficient (Wildman–Crippen LogP) is 2.22. The van der Waals surface area contributed by atoms with E-state index in [9.17, 15) is 9.59 Å². The highest BCUT2D eigenvalue weighted by Gasteiger charge is 2.48. The van der Waals surface area contributed by atoms with E-state index >= 15 is 0 Å². The molecule has 128 valence electrons. The van der Waals surface area contributed by atoms with Gasteiger partial charge in [-0.15, -0.1) is 0 Å². The third kappa shape index (κ3) is 2.59. The zero-order valence-electron chi connectivity index (χ0n) is 13.9. The van der Waals surface area contributed by atoms with Crippen molar-refractivity contribution in [3.8, 4) is 5.75 Å². The van der Waals surface area contributed by atoms with E-state index in [-0.39, 0.29) is 24.7 Å². The quantitative estimate of drug-likeness (QED) is 0.933. The number of nitrogens with zero attached hydrogens (tertiary/aromatic N) is 2. The molecule has 0 radical (unpaired) electrons. The van der Waals surface area contributed by atoms with Crippen LogP contribution in [0, 0.1) is 6.92 Å². The van der Waals surface area contributed by atoms with Gasteiger partial charge in [0.1, 0.15) is 18.4 Å². The summed E-state index contributed by atoms with van der Waals surface area (Å²) in [5.74, 6) is 0.153. The average Bonchev–Trinajstić information content (AvgIpc) is 2.91. The molecule has 1 fully saturated rings. The predicted molar refractivity (Wildman–Crippen MR) is 93.4 cm³/mol. The molecule has 2 aromatic carbocycles. The normalized spacial score (nSPS) is 21.6. The number of carbonyl (C=O) groups excluding carboxylic acids is 2. The second-order valence-electron chi connectivity index (χ2n) is 6.49. The van der Waals surface area contributed by atoms with Gasteiger partial charge in [-0.3, -0.25) is 9.69 Å². The molecule has 2 N–H and O–H groups in total. The Hall–Kier alpha value is -3.02. The zero-order valence-corrected chi connectivity index (χ0v) is 13.9. The van der Waals surface area contributed by atoms with Crippen LogP contribution in [0.15, 0.2) is 48.5 Å². The Morgan fingerprint density at radius 3 is 2.72 bits per heavy atom. The van der Waals surface area contributed by atoms with Gasteiger partial charge < -0.3 is 15.4 Å². The lowest BCUT2D eigenvalue weighted by atomic mass is 9.98. The summed E-state index contributed by atoms with van der Waals surface area (Å²) < 4.78 is 6.25. The summed E-state index contributed by atoms with van der Waals surface area (Å²) in [6.45, 7) is 2.28. The van der Waals surface area contributed by atoms with Crippen molar-refractivity contribution in [2.24, 2.45) is 5.73 Å². The maximum absolute atomic E-state index is 12.9. The first-order valence-electron chi connectivity index (χ1n) is 8.23. The number of rotatable bonds is 3. The van der Waals surface area contributed by atoms with E-state index < -0.39 is 5.91 Å². The molecule has 0 spiro atoms. The number of urea groups is 1. The molecular weight excluding hydrogens is 318 g/mol. The molecule has 4 rings (SSSR count). The van der Waals surface area contributed by atoms with E-state index in [0.717, 1.165) is 16.8 Å². The number of aryl methyl sites for hydroxylation is 1. The lowest BCUT2D eigenvalue weighted by Crippen LogP contribution is -2.44. The molecule has 6 nitrogen and oxygen atoms in total. The van der Waals surface area contributed by atoms with Crippen molar-refractivity contribution in [1.82, 2.24) is 4.90 Å². The van der Waals surface area contributed by atoms with Gasteiger partial charge in [0.15, 0.2) is 0 Å². The maximum atomic E-state index is 12.9. The topological polar surface area (TPSA) is 75.9 Å². The number of anilines is 1. The first-order valence-corrected chi connectivity index (χ1v) is 8.23. The van der Waals surface area contributed by atoms with Crippen molar-refractivity contribution in [3.05, 3.63) is 59.7 Å². The summed E-state index contributed by atoms with van der Waals surface area (Å²) in [4.78, 5) is 27.5. The molecule has 2 aliphatic heterocycles. The minimum absolute atomic E-state index is 0.0888. The molecule has 3 amide bonds. The van der Waals surface area contributed by atoms with E-state index in [4.69, 9.17) is 10.5 Å². The number of hydrogen-bond donors (Lipinski definition) is 1. The molecule has 2 heterocycles. The summed E-state index contributed by atoms with van der Waals surface area (Å²) in [7, 11) is 0. The molecule has 6 heteroatoms. The first-order chi connectivity index (χ1) is 12.0. The Morgan fingerprint density at radius 2 is 2.00 bits per heavy atom. The van der Waals surface area contributed by atoms with Crippen molar-refractivity contribution >= 4 is 17.6 Å². The Balaban J connectivity index is 1.79. The molecule has 2 aliphatic rings. The maximum Gasteiger partial charge on any atom is 0.325 e. The number of primary amides is 1. The van der Waals surface area contributed by atoms with Crippen molar-refractivity contribution in [3.63, 3.8) is 0 Å². The molecular formula is C19H19N3O3. The van der Waals surface area contributed by atoms with E-state index in [2.05, 4.69) is 0 Å². The van der Waals surface area contributed by atoms with Gasteiger partial charge in [-0.1, -0.05) is 36.4 Å². The Morgan fingerprint density at radius 1 is 1.24 bits per heavy atom. The molecule has 1 saturated heterocycles. The van der Waals surface area contributed by atoms with Crippen LogP contribution in [0.25, 0.3) is 0 Å². The molecule has 25 heavy (non-hydrogen) atoms. The third-order valence-corrected chi connectivity index (χ3v) is 4.67. The van der Waals surface area contributed by atoms with Crippen LogP contribution in [0.4, 0.5) is 10.5 Å². The van der Waals surface area contributed by atoms with Gasteiger partial charge >= 0.3 is 6.03 Å². The highest BCUT2D eigenvalue weighted by Crippen LogP contribution is 2.45. The smallest absolute Gasteiger partial charge is 0.325 e. The Labute approximate surface area is 145 Å². The lowest BCUT2D eigenvalue weighted by Gasteiger charge is -2.37. The minimum atomic E-state index is -0.519. The third-order valence-electron chi connectivity index (χ3n) is 4.67. The fraction of sp³-hybridized carbons (Fsp3) is 0.263. The molecule has 0 saturated carbocycles. The number of fused-ring (bicyclic) bond motifs is 3. The van der Waals surface area contributed by atoms with Gasteiger partial charge in [0.2, 0.25) is 5.91 Å². The van der Waals surface area contributed by atoms with Crippen LogP contribution in [-0.2, 0) is 4.79 Å². The monoisotopic (exact) mass is 337 g/mol. The molecule has 2 aromatic rings. The van der Waals surface area contributed by atoms with Crippen LogP contribution < -0.4 is 15.4 Å². The van der Waals surface area contributed by atoms with Gasteiger partial charge in [0.25, 0.3) is 0 Å². The highest BCUT2D eigenvalue weighted by atomic mass is 16.5. The van der Waals surface area contributed by atoms with Crippen molar-refractivity contribution < 1.29 is 14.3 Å². The zero-order chi connectivity index (χ0) is 17.6. The van der Waals surface area contributed by atoms with E-state index in [1.807, 2.05) is 55.5 Å². The molecule has 0 aromatic heterocycles. The van der Waals surface area contributed by atoms with Crippen molar-refractivity contribution in [2.75, 3.05) is 18.0 Å². The van der Waals surface area contributed by atoms with E-state index in [0.29, 0.717) is 12.3 Å². The number of benzene rings is 2. The lowest BCUT2D eigenvalue weighted by molar-refractivity contribution is -0.118. The van der Waals surface area contributed by atoms with Gasteiger partial charge in [-0.2, -0.15) is 0 Å². The van der Waals surface area contributed by atoms with Gasteiger partial charge in [-0.05, 0) is 30.2 Å². The SMILES string of the molecule is Cc1ccc2c(c1)N1C(=O)N(CC(N)=O)CC1C(c1ccccc1)O2. The van der Waals surface area contributed by atoms with Crippen molar-refractivity contribution in [2.45, 2.75) is 19.1 Å². The average molecular weight is 337 g/mol. The molecule has 2 atom stereocenters. The van der Waals surface area contributed by atoms with E-state index in [1.54, 1.807) is 4.90 Å². The summed E-state index contributed by atoms with van der Waals surface area (Å²) in [5.41, 5.74) is 8.09. The second-order valence-corrected chi connectivity index (χ2v) is 6.49. The molecule has 0 aliphatic carbocycles. The van der Waals surface area contributed by atoms with Crippen LogP contribution in [0.3, 0.4) is 0 Å². The largest absolute Gasteiger partial charge is 0.481 e. The standard InChI is InChI=1S/C19H19N3O3/c1-12-7-8-16-14(9-12)22-15(10-21(19(22)24)11-17(20)23)18(25-16)13-5-3-2-4-6-13/h2-9,15,18H,10-11H2,1H3,(H2,20,23). The number of nitrogens with two attached hydrogens (primary N) is 1. The number of ether oxygens (including phenoxy) is 1. The fourth-order valence-corrected chi connectivity index (χ4v) is 3.58. The first kappa shape index (κ1) is 15.5. The summed E-state index contributed by atoms with van der Waals surface area (Å²) in [6.07, 6.45) is -0.293. The van der Waals surface area contributed by atoms with E-state index in [1.165, 1.54) is 4.90 Å². The van der Waals surface area contributed by atoms with Crippen LogP contribution in [-0.4, -0.2) is 36.0 Å². The number of carbonyl (C=O) groups is 2. The number of hydrogen-bond acceptors (Lipinski definition) is 3.